The molecule has 3 rings (SSSR count). The Morgan fingerprint density at radius 3 is 2.92 bits per heavy atom. The lowest BCUT2D eigenvalue weighted by atomic mass is 10.0. The Bertz CT molecular complexity index is 724. The number of aryl methyl sites for hydroxylation is 2. The number of aliphatic hydroxyl groups is 1. The number of likely N-dealkylation sites (tertiary alicyclic amines) is 1. The second-order valence-corrected chi connectivity index (χ2v) is 6.31. The lowest BCUT2D eigenvalue weighted by molar-refractivity contribution is -0.132. The van der Waals surface area contributed by atoms with Crippen molar-refractivity contribution in [2.45, 2.75) is 45.3 Å². The molecule has 5 nitrogen and oxygen atoms in total. The Labute approximate surface area is 140 Å². The Kier molecular flexibility index (Phi) is 4.66. The van der Waals surface area contributed by atoms with Gasteiger partial charge in [0, 0.05) is 18.5 Å². The quantitative estimate of drug-likeness (QED) is 0.935. The van der Waals surface area contributed by atoms with Crippen LogP contribution in [-0.2, 0) is 11.2 Å². The smallest absolute Gasteiger partial charge is 0.223 e. The van der Waals surface area contributed by atoms with Gasteiger partial charge in [-0.3, -0.25) is 4.79 Å². The predicted octanol–water partition coefficient (Wildman–Crippen LogP) is 2.70. The number of amides is 1. The van der Waals surface area contributed by atoms with E-state index >= 15 is 0 Å². The van der Waals surface area contributed by atoms with Gasteiger partial charge in [-0.1, -0.05) is 17.3 Å². The van der Waals surface area contributed by atoms with Crippen LogP contribution in [0.1, 0.15) is 41.5 Å². The zero-order chi connectivity index (χ0) is 17.3. The van der Waals surface area contributed by atoms with E-state index in [-0.39, 0.29) is 24.3 Å². The molecule has 1 aromatic carbocycles. The van der Waals surface area contributed by atoms with Crippen molar-refractivity contribution in [3.8, 4) is 0 Å². The third kappa shape index (κ3) is 3.33. The van der Waals surface area contributed by atoms with Gasteiger partial charge in [0.15, 0.2) is 0 Å². The molecule has 1 amide bonds. The highest BCUT2D eigenvalue weighted by atomic mass is 19.1. The summed E-state index contributed by atoms with van der Waals surface area (Å²) in [5, 5.41) is 13.9. The zero-order valence-electron chi connectivity index (χ0n) is 13.8. The van der Waals surface area contributed by atoms with Crippen LogP contribution in [0.15, 0.2) is 28.8 Å². The molecule has 1 N–H and O–H groups in total. The molecule has 0 radical (unpaired) electrons. The summed E-state index contributed by atoms with van der Waals surface area (Å²) in [6.07, 6.45) is 0.700. The number of hydrogen-bond donors (Lipinski definition) is 1. The number of carbonyl (C=O) groups excluding carboxylic acids is 1. The average Bonchev–Trinajstić information content (AvgIpc) is 3.08. The first-order valence-corrected chi connectivity index (χ1v) is 8.10. The maximum absolute atomic E-state index is 13.5. The van der Waals surface area contributed by atoms with Gasteiger partial charge in [-0.2, -0.15) is 0 Å². The summed E-state index contributed by atoms with van der Waals surface area (Å²) < 4.78 is 18.6. The largest absolute Gasteiger partial charge is 0.391 e. The summed E-state index contributed by atoms with van der Waals surface area (Å²) in [6, 6.07) is 5.94. The number of aliphatic hydroxyl groups excluding tert-OH is 1. The summed E-state index contributed by atoms with van der Waals surface area (Å²) in [5.74, 6) is 0.334. The van der Waals surface area contributed by atoms with E-state index < -0.39 is 6.10 Å². The molecule has 1 aliphatic heterocycles. The summed E-state index contributed by atoms with van der Waals surface area (Å²) in [7, 11) is 0. The van der Waals surface area contributed by atoms with E-state index in [1.54, 1.807) is 17.0 Å². The molecule has 6 heteroatoms. The maximum Gasteiger partial charge on any atom is 0.223 e. The Morgan fingerprint density at radius 2 is 2.25 bits per heavy atom. The highest BCUT2D eigenvalue weighted by Gasteiger charge is 2.35. The van der Waals surface area contributed by atoms with E-state index in [4.69, 9.17) is 4.52 Å². The highest BCUT2D eigenvalue weighted by Crippen LogP contribution is 2.33. The molecule has 2 atom stereocenters. The molecule has 0 spiro atoms. The fraction of sp³-hybridized carbons (Fsp3) is 0.444. The van der Waals surface area contributed by atoms with Gasteiger partial charge in [-0.15, -0.1) is 0 Å². The van der Waals surface area contributed by atoms with E-state index in [9.17, 15) is 14.3 Å². The van der Waals surface area contributed by atoms with Gasteiger partial charge in [-0.05, 0) is 44.4 Å². The molecule has 2 heterocycles. The van der Waals surface area contributed by atoms with Gasteiger partial charge < -0.3 is 14.5 Å². The van der Waals surface area contributed by atoms with Gasteiger partial charge >= 0.3 is 0 Å². The van der Waals surface area contributed by atoms with E-state index in [1.807, 2.05) is 13.8 Å². The van der Waals surface area contributed by atoms with E-state index in [2.05, 4.69) is 5.16 Å². The van der Waals surface area contributed by atoms with Gasteiger partial charge in [0.25, 0.3) is 0 Å². The molecule has 0 saturated carbocycles. The second-order valence-electron chi connectivity index (χ2n) is 6.31. The standard InChI is InChI=1S/C18H21FN2O3/c1-11-16(12(2)24-20-11)6-7-18(23)21-10-15(22)9-17(21)13-4-3-5-14(19)8-13/h3-5,8,15,17,22H,6-7,9-10H2,1-2H3. The normalized spacial score (nSPS) is 20.6. The maximum atomic E-state index is 13.5. The molecular weight excluding hydrogens is 311 g/mol. The van der Waals surface area contributed by atoms with Crippen LogP contribution in [0.4, 0.5) is 4.39 Å². The lowest BCUT2D eigenvalue weighted by Crippen LogP contribution is -2.32. The van der Waals surface area contributed by atoms with Gasteiger partial charge in [-0.25, -0.2) is 4.39 Å². The molecule has 0 bridgehead atoms. The van der Waals surface area contributed by atoms with Crippen molar-refractivity contribution in [3.63, 3.8) is 0 Å². The first kappa shape index (κ1) is 16.6. The monoisotopic (exact) mass is 332 g/mol. The SMILES string of the molecule is Cc1noc(C)c1CCC(=O)N1CC(O)CC1c1cccc(F)c1. The summed E-state index contributed by atoms with van der Waals surface area (Å²) in [6.45, 7) is 3.96. The van der Waals surface area contributed by atoms with E-state index in [1.165, 1.54) is 12.1 Å². The number of β-amino-alcohol motifs (C(OH)–C–C–N with tert-alkyl or cyclic N) is 1. The van der Waals surface area contributed by atoms with Crippen molar-refractivity contribution < 1.29 is 18.8 Å². The minimum atomic E-state index is -0.582. The van der Waals surface area contributed by atoms with Crippen LogP contribution < -0.4 is 0 Å². The van der Waals surface area contributed by atoms with Crippen molar-refractivity contribution in [2.75, 3.05) is 6.54 Å². The lowest BCUT2D eigenvalue weighted by Gasteiger charge is -2.25. The fourth-order valence-corrected chi connectivity index (χ4v) is 3.35. The van der Waals surface area contributed by atoms with Crippen LogP contribution in [0.25, 0.3) is 0 Å². The molecule has 1 saturated heterocycles. The molecule has 1 fully saturated rings. The molecule has 1 aromatic heterocycles. The summed E-state index contributed by atoms with van der Waals surface area (Å²) in [4.78, 5) is 14.3. The Hall–Kier alpha value is -2.21. The average molecular weight is 332 g/mol. The van der Waals surface area contributed by atoms with Crippen LogP contribution in [0, 0.1) is 19.7 Å². The highest BCUT2D eigenvalue weighted by molar-refractivity contribution is 5.77. The summed E-state index contributed by atoms with van der Waals surface area (Å²) in [5.41, 5.74) is 2.46. The third-order valence-corrected chi connectivity index (χ3v) is 4.60. The van der Waals surface area contributed by atoms with Crippen LogP contribution in [0.3, 0.4) is 0 Å². The minimum absolute atomic E-state index is 0.0548. The van der Waals surface area contributed by atoms with Gasteiger partial charge in [0.1, 0.15) is 11.6 Å². The number of rotatable bonds is 4. The number of hydrogen-bond acceptors (Lipinski definition) is 4. The molecular formula is C18H21FN2O3. The van der Waals surface area contributed by atoms with Gasteiger partial charge in [0.2, 0.25) is 5.91 Å². The van der Waals surface area contributed by atoms with Crippen molar-refractivity contribution in [1.82, 2.24) is 10.1 Å². The first-order chi connectivity index (χ1) is 11.5. The number of halogens is 1. The third-order valence-electron chi connectivity index (χ3n) is 4.60. The summed E-state index contributed by atoms with van der Waals surface area (Å²) >= 11 is 0. The van der Waals surface area contributed by atoms with Crippen molar-refractivity contribution >= 4 is 5.91 Å². The number of nitrogens with zero attached hydrogens (tertiary/aromatic N) is 2. The Balaban J connectivity index is 1.73. The molecule has 2 unspecified atom stereocenters. The first-order valence-electron chi connectivity index (χ1n) is 8.10. The molecule has 0 aliphatic carbocycles. The second kappa shape index (κ2) is 6.73. The zero-order valence-corrected chi connectivity index (χ0v) is 13.8. The number of carbonyl (C=O) groups is 1. The Morgan fingerprint density at radius 1 is 1.46 bits per heavy atom. The van der Waals surface area contributed by atoms with E-state index in [0.717, 1.165) is 22.6 Å². The van der Waals surface area contributed by atoms with Crippen LogP contribution in [-0.4, -0.2) is 33.7 Å². The van der Waals surface area contributed by atoms with Gasteiger partial charge in [0.05, 0.1) is 17.8 Å². The van der Waals surface area contributed by atoms with Crippen molar-refractivity contribution in [3.05, 3.63) is 52.7 Å². The number of aromatic nitrogens is 1. The molecule has 128 valence electrons. The fourth-order valence-electron chi connectivity index (χ4n) is 3.35. The van der Waals surface area contributed by atoms with Crippen molar-refractivity contribution in [2.24, 2.45) is 0 Å². The van der Waals surface area contributed by atoms with Crippen LogP contribution >= 0.6 is 0 Å². The molecule has 1 aliphatic rings. The molecule has 24 heavy (non-hydrogen) atoms. The predicted molar refractivity (Wildman–Crippen MR) is 85.8 cm³/mol. The molecule has 2 aromatic rings. The van der Waals surface area contributed by atoms with Crippen LogP contribution in [0.5, 0.6) is 0 Å². The van der Waals surface area contributed by atoms with Crippen molar-refractivity contribution in [1.29, 1.82) is 0 Å². The number of benzene rings is 1. The van der Waals surface area contributed by atoms with Crippen LogP contribution in [0.2, 0.25) is 0 Å². The van der Waals surface area contributed by atoms with E-state index in [0.29, 0.717) is 19.3 Å². The topological polar surface area (TPSA) is 66.6 Å². The minimum Gasteiger partial charge on any atom is -0.391 e.